The molecule has 20 heavy (non-hydrogen) atoms. The van der Waals surface area contributed by atoms with Gasteiger partial charge in [0.25, 0.3) is 0 Å². The fourth-order valence-electron chi connectivity index (χ4n) is 2.55. The molecule has 4 nitrogen and oxygen atoms in total. The second-order valence-electron chi connectivity index (χ2n) is 5.43. The number of nitrogens with one attached hydrogen (secondary N) is 1. The number of hydrogen-bond acceptors (Lipinski definition) is 4. The Morgan fingerprint density at radius 3 is 3.05 bits per heavy atom. The van der Waals surface area contributed by atoms with Crippen LogP contribution < -0.4 is 5.32 Å². The normalized spacial score (nSPS) is 18.6. The molecule has 0 spiro atoms. The van der Waals surface area contributed by atoms with E-state index in [2.05, 4.69) is 35.1 Å². The van der Waals surface area contributed by atoms with Crippen LogP contribution in [0.5, 0.6) is 0 Å². The summed E-state index contributed by atoms with van der Waals surface area (Å²) >= 11 is 0. The van der Waals surface area contributed by atoms with Crippen molar-refractivity contribution in [3.8, 4) is 0 Å². The average molecular weight is 277 g/mol. The number of nitrogens with zero attached hydrogens (tertiary/aromatic N) is 2. The third-order valence-electron chi connectivity index (χ3n) is 3.71. The first-order valence-electron chi connectivity index (χ1n) is 7.84. The van der Waals surface area contributed by atoms with Crippen LogP contribution in [0.4, 0.5) is 5.69 Å². The Labute approximate surface area is 122 Å². The molecular weight excluding hydrogens is 250 g/mol. The molecule has 0 radical (unpaired) electrons. The molecule has 0 bridgehead atoms. The van der Waals surface area contributed by atoms with Crippen LogP contribution in [0.1, 0.15) is 38.8 Å². The van der Waals surface area contributed by atoms with Crippen LogP contribution in [0, 0.1) is 0 Å². The molecule has 0 aliphatic carbocycles. The van der Waals surface area contributed by atoms with Gasteiger partial charge in [-0.3, -0.25) is 9.88 Å². The first-order chi connectivity index (χ1) is 9.81. The molecule has 1 N–H and O–H groups in total. The molecule has 2 rings (SSSR count). The zero-order valence-electron chi connectivity index (χ0n) is 12.8. The zero-order valence-corrected chi connectivity index (χ0v) is 12.8. The number of rotatable bonds is 8. The molecule has 0 saturated carbocycles. The van der Waals surface area contributed by atoms with E-state index < -0.39 is 0 Å². The summed E-state index contributed by atoms with van der Waals surface area (Å²) in [6.07, 6.45) is 5.85. The summed E-state index contributed by atoms with van der Waals surface area (Å²) in [5, 5.41) is 3.42. The molecule has 1 fully saturated rings. The molecule has 0 aromatic carbocycles. The summed E-state index contributed by atoms with van der Waals surface area (Å²) in [5.41, 5.74) is 2.30. The van der Waals surface area contributed by atoms with E-state index in [1.807, 2.05) is 12.3 Å². The van der Waals surface area contributed by atoms with E-state index in [1.165, 1.54) is 18.5 Å². The van der Waals surface area contributed by atoms with E-state index in [1.54, 1.807) is 0 Å². The van der Waals surface area contributed by atoms with E-state index in [4.69, 9.17) is 4.74 Å². The van der Waals surface area contributed by atoms with Crippen LogP contribution in [0.3, 0.4) is 0 Å². The van der Waals surface area contributed by atoms with Gasteiger partial charge < -0.3 is 10.1 Å². The summed E-state index contributed by atoms with van der Waals surface area (Å²) in [5.74, 6) is 0. The SMILES string of the molecule is CCCNc1ccnc(CN(CC)CC2CCCO2)c1. The van der Waals surface area contributed by atoms with Crippen molar-refractivity contribution < 1.29 is 4.74 Å². The molecule has 1 aliphatic heterocycles. The van der Waals surface area contributed by atoms with E-state index in [0.29, 0.717) is 6.10 Å². The van der Waals surface area contributed by atoms with Gasteiger partial charge in [-0.15, -0.1) is 0 Å². The van der Waals surface area contributed by atoms with Crippen molar-refractivity contribution in [2.45, 2.75) is 45.8 Å². The molecule has 2 heterocycles. The maximum Gasteiger partial charge on any atom is 0.0702 e. The van der Waals surface area contributed by atoms with Gasteiger partial charge in [-0.05, 0) is 37.9 Å². The fraction of sp³-hybridized carbons (Fsp3) is 0.688. The maximum atomic E-state index is 5.73. The smallest absolute Gasteiger partial charge is 0.0702 e. The van der Waals surface area contributed by atoms with Crippen LogP contribution >= 0.6 is 0 Å². The largest absolute Gasteiger partial charge is 0.385 e. The predicted molar refractivity (Wildman–Crippen MR) is 82.9 cm³/mol. The Morgan fingerprint density at radius 1 is 1.45 bits per heavy atom. The second kappa shape index (κ2) is 8.22. The van der Waals surface area contributed by atoms with Crippen LogP contribution in [-0.4, -0.2) is 42.2 Å². The molecule has 1 atom stereocenters. The van der Waals surface area contributed by atoms with Crippen LogP contribution in [0.25, 0.3) is 0 Å². The molecule has 1 aromatic heterocycles. The minimum Gasteiger partial charge on any atom is -0.385 e. The van der Waals surface area contributed by atoms with E-state index in [0.717, 1.165) is 44.9 Å². The topological polar surface area (TPSA) is 37.4 Å². The molecule has 112 valence electrons. The number of anilines is 1. The molecular formula is C16H27N3O. The lowest BCUT2D eigenvalue weighted by molar-refractivity contribution is 0.0721. The number of likely N-dealkylation sites (N-methyl/N-ethyl adjacent to an activating group) is 1. The highest BCUT2D eigenvalue weighted by Gasteiger charge is 2.18. The highest BCUT2D eigenvalue weighted by Crippen LogP contribution is 2.15. The molecule has 4 heteroatoms. The number of pyridine rings is 1. The van der Waals surface area contributed by atoms with Gasteiger partial charge >= 0.3 is 0 Å². The lowest BCUT2D eigenvalue weighted by atomic mass is 10.2. The Kier molecular flexibility index (Phi) is 6.27. The van der Waals surface area contributed by atoms with E-state index in [-0.39, 0.29) is 0 Å². The van der Waals surface area contributed by atoms with Crippen molar-refractivity contribution in [1.82, 2.24) is 9.88 Å². The van der Waals surface area contributed by atoms with Crippen molar-refractivity contribution in [3.05, 3.63) is 24.0 Å². The summed E-state index contributed by atoms with van der Waals surface area (Å²) in [6, 6.07) is 4.20. The van der Waals surface area contributed by atoms with E-state index >= 15 is 0 Å². The minimum absolute atomic E-state index is 0.413. The zero-order chi connectivity index (χ0) is 14.2. The monoisotopic (exact) mass is 277 g/mol. The first kappa shape index (κ1) is 15.3. The van der Waals surface area contributed by atoms with Gasteiger partial charge in [0.2, 0.25) is 0 Å². The Balaban J connectivity index is 1.88. The Bertz CT molecular complexity index is 391. The first-order valence-corrected chi connectivity index (χ1v) is 7.84. The lowest BCUT2D eigenvalue weighted by Gasteiger charge is -2.23. The van der Waals surface area contributed by atoms with Crippen LogP contribution in [0.15, 0.2) is 18.3 Å². The summed E-state index contributed by atoms with van der Waals surface area (Å²) in [7, 11) is 0. The van der Waals surface area contributed by atoms with Crippen molar-refractivity contribution in [1.29, 1.82) is 0 Å². The number of aromatic nitrogens is 1. The summed E-state index contributed by atoms with van der Waals surface area (Å²) in [4.78, 5) is 6.91. The van der Waals surface area contributed by atoms with Crippen LogP contribution in [-0.2, 0) is 11.3 Å². The maximum absolute atomic E-state index is 5.73. The Hall–Kier alpha value is -1.13. The highest BCUT2D eigenvalue weighted by atomic mass is 16.5. The van der Waals surface area contributed by atoms with Gasteiger partial charge in [0, 0.05) is 38.1 Å². The molecule has 1 aliphatic rings. The molecule has 1 aromatic rings. The van der Waals surface area contributed by atoms with Gasteiger partial charge in [0.1, 0.15) is 0 Å². The summed E-state index contributed by atoms with van der Waals surface area (Å²) < 4.78 is 5.73. The van der Waals surface area contributed by atoms with Crippen LogP contribution in [0.2, 0.25) is 0 Å². The number of ether oxygens (including phenoxy) is 1. The van der Waals surface area contributed by atoms with Gasteiger partial charge in [0.15, 0.2) is 0 Å². The lowest BCUT2D eigenvalue weighted by Crippen LogP contribution is -2.31. The number of hydrogen-bond donors (Lipinski definition) is 1. The molecule has 1 saturated heterocycles. The molecule has 0 amide bonds. The third kappa shape index (κ3) is 4.76. The third-order valence-corrected chi connectivity index (χ3v) is 3.71. The molecule has 1 unspecified atom stereocenters. The highest BCUT2D eigenvalue weighted by molar-refractivity contribution is 5.43. The van der Waals surface area contributed by atoms with E-state index in [9.17, 15) is 0 Å². The average Bonchev–Trinajstić information content (AvgIpc) is 2.98. The fourth-order valence-corrected chi connectivity index (χ4v) is 2.55. The van der Waals surface area contributed by atoms with Crippen molar-refractivity contribution in [2.24, 2.45) is 0 Å². The van der Waals surface area contributed by atoms with Gasteiger partial charge in [0.05, 0.1) is 11.8 Å². The minimum atomic E-state index is 0.413. The Morgan fingerprint density at radius 2 is 2.35 bits per heavy atom. The standard InChI is InChI=1S/C16H27N3O/c1-3-8-17-14-7-9-18-15(11-14)12-19(4-2)13-16-6-5-10-20-16/h7,9,11,16H,3-6,8,10,12-13H2,1-2H3,(H,17,18). The van der Waals surface area contributed by atoms with Crippen molar-refractivity contribution in [3.63, 3.8) is 0 Å². The quantitative estimate of drug-likeness (QED) is 0.793. The van der Waals surface area contributed by atoms with Gasteiger partial charge in [-0.25, -0.2) is 0 Å². The predicted octanol–water partition coefficient (Wildman–Crippen LogP) is 2.90. The summed E-state index contributed by atoms with van der Waals surface area (Å²) in [6.45, 7) is 9.27. The van der Waals surface area contributed by atoms with Gasteiger partial charge in [-0.2, -0.15) is 0 Å². The van der Waals surface area contributed by atoms with Crippen molar-refractivity contribution in [2.75, 3.05) is 31.6 Å². The van der Waals surface area contributed by atoms with Crippen molar-refractivity contribution >= 4 is 5.69 Å². The second-order valence-corrected chi connectivity index (χ2v) is 5.43. The van der Waals surface area contributed by atoms with Gasteiger partial charge in [-0.1, -0.05) is 13.8 Å².